The van der Waals surface area contributed by atoms with Gasteiger partial charge in [0.25, 0.3) is 3.79 Å². The largest absolute Gasteiger partial charge is 0.513 e. The zero-order chi connectivity index (χ0) is 22.2. The van der Waals surface area contributed by atoms with Crippen molar-refractivity contribution in [3.8, 4) is 5.75 Å². The van der Waals surface area contributed by atoms with Crippen molar-refractivity contribution in [2.45, 2.75) is 21.5 Å². The molecule has 0 aromatic heterocycles. The van der Waals surface area contributed by atoms with Crippen molar-refractivity contribution in [2.75, 3.05) is 13.2 Å². The van der Waals surface area contributed by atoms with E-state index < -0.39 is 27.6 Å². The van der Waals surface area contributed by atoms with Crippen molar-refractivity contribution in [1.82, 2.24) is 20.9 Å². The van der Waals surface area contributed by atoms with Crippen LogP contribution in [0.15, 0.2) is 59.9 Å². The van der Waals surface area contributed by atoms with Gasteiger partial charge >= 0.3 is 12.1 Å². The molecule has 0 aliphatic carbocycles. The molecular formula is C19H18Cl3N5O4. The molecule has 3 heterocycles. The highest BCUT2D eigenvalue weighted by Gasteiger charge is 2.57. The van der Waals surface area contributed by atoms with Crippen molar-refractivity contribution >= 4 is 52.8 Å². The molecule has 31 heavy (non-hydrogen) atoms. The van der Waals surface area contributed by atoms with Crippen molar-refractivity contribution in [3.05, 3.63) is 54.9 Å². The van der Waals surface area contributed by atoms with E-state index in [1.165, 1.54) is 0 Å². The molecular weight excluding hydrogens is 469 g/mol. The molecule has 2 fully saturated rings. The molecule has 1 aromatic rings. The normalized spacial score (nSPS) is 27.6. The van der Waals surface area contributed by atoms with Gasteiger partial charge in [0.05, 0.1) is 17.9 Å². The quantitative estimate of drug-likeness (QED) is 0.258. The molecule has 0 unspecified atom stereocenters. The SMILES string of the molecule is C=C1N[C@H]2[C@H](COC(=O)Oc3ccccc3)N/C(=N\C(=O)C(Cl)(Cl)Cl)N3CC=C[C@]23N1. The molecule has 4 rings (SSSR count). The number of nitrogens with zero attached hydrogens (tertiary/aromatic N) is 2. The van der Waals surface area contributed by atoms with Crippen LogP contribution in [0.4, 0.5) is 4.79 Å². The van der Waals surface area contributed by atoms with E-state index in [4.69, 9.17) is 44.3 Å². The minimum atomic E-state index is -2.21. The van der Waals surface area contributed by atoms with E-state index in [1.807, 2.05) is 12.2 Å². The lowest BCUT2D eigenvalue weighted by Crippen LogP contribution is -2.74. The Kier molecular flexibility index (Phi) is 5.67. The minimum Gasteiger partial charge on any atom is -0.432 e. The molecule has 0 bridgehead atoms. The number of aliphatic imine (C=N–C) groups is 1. The average molecular weight is 487 g/mol. The van der Waals surface area contributed by atoms with Gasteiger partial charge < -0.3 is 30.3 Å². The van der Waals surface area contributed by atoms with E-state index in [1.54, 1.807) is 35.2 Å². The molecule has 3 N–H and O–H groups in total. The fraction of sp³-hybridized carbons (Fsp3) is 0.316. The maximum absolute atomic E-state index is 12.2. The molecule has 3 aliphatic rings. The summed E-state index contributed by atoms with van der Waals surface area (Å²) in [6.07, 6.45) is 2.96. The number of alkyl halides is 3. The number of carbonyl (C=O) groups excluding carboxylic acids is 2. The number of para-hydroxylation sites is 1. The first kappa shape index (κ1) is 21.6. The first-order valence-electron chi connectivity index (χ1n) is 9.24. The van der Waals surface area contributed by atoms with Crippen molar-refractivity contribution in [3.63, 3.8) is 0 Å². The molecule has 3 atom stereocenters. The second-order valence-corrected chi connectivity index (χ2v) is 9.31. The highest BCUT2D eigenvalue weighted by atomic mass is 35.6. The van der Waals surface area contributed by atoms with Gasteiger partial charge in [0, 0.05) is 6.54 Å². The fourth-order valence-corrected chi connectivity index (χ4v) is 3.90. The molecule has 3 aliphatic heterocycles. The third-order valence-corrected chi connectivity index (χ3v) is 5.49. The summed E-state index contributed by atoms with van der Waals surface area (Å²) in [6, 6.07) is 7.71. The van der Waals surface area contributed by atoms with Crippen molar-refractivity contribution in [2.24, 2.45) is 4.99 Å². The Balaban J connectivity index is 1.54. The Labute approximate surface area is 193 Å². The molecule has 1 aromatic carbocycles. The number of ether oxygens (including phenoxy) is 2. The maximum Gasteiger partial charge on any atom is 0.513 e. The number of rotatable bonds is 3. The number of guanidine groups is 1. The highest BCUT2D eigenvalue weighted by molar-refractivity contribution is 6.76. The van der Waals surface area contributed by atoms with E-state index in [0.717, 1.165) is 0 Å². The maximum atomic E-state index is 12.2. The van der Waals surface area contributed by atoms with Gasteiger partial charge in [-0.2, -0.15) is 4.99 Å². The number of amides is 1. The molecule has 0 radical (unpaired) electrons. The first-order chi connectivity index (χ1) is 14.7. The third kappa shape index (κ3) is 4.26. The average Bonchev–Trinajstić information content (AvgIpc) is 3.28. The van der Waals surface area contributed by atoms with E-state index in [9.17, 15) is 9.59 Å². The highest BCUT2D eigenvalue weighted by Crippen LogP contribution is 2.35. The van der Waals surface area contributed by atoms with Gasteiger partial charge in [0.2, 0.25) is 5.96 Å². The van der Waals surface area contributed by atoms with E-state index >= 15 is 0 Å². The van der Waals surface area contributed by atoms with Gasteiger partial charge in [-0.15, -0.1) is 0 Å². The summed E-state index contributed by atoms with van der Waals surface area (Å²) < 4.78 is 8.26. The number of carbonyl (C=O) groups is 2. The molecule has 0 saturated carbocycles. The summed E-state index contributed by atoms with van der Waals surface area (Å²) in [5, 5.41) is 9.59. The molecule has 2 saturated heterocycles. The van der Waals surface area contributed by atoms with E-state index in [0.29, 0.717) is 18.1 Å². The van der Waals surface area contributed by atoms with Crippen molar-refractivity contribution in [1.29, 1.82) is 0 Å². The van der Waals surface area contributed by atoms with Gasteiger partial charge in [-0.05, 0) is 18.2 Å². The lowest BCUT2D eigenvalue weighted by molar-refractivity contribution is -0.117. The van der Waals surface area contributed by atoms with Crippen LogP contribution in [0.5, 0.6) is 5.75 Å². The van der Waals surface area contributed by atoms with Crippen LogP contribution in [-0.2, 0) is 9.53 Å². The summed E-state index contributed by atoms with van der Waals surface area (Å²) in [5.74, 6) is 0.143. The topological polar surface area (TPSA) is 104 Å². The second kappa shape index (κ2) is 8.14. The summed E-state index contributed by atoms with van der Waals surface area (Å²) in [6.45, 7) is 4.28. The third-order valence-electron chi connectivity index (χ3n) is 5.01. The lowest BCUT2D eigenvalue weighted by atomic mass is 9.92. The zero-order valence-corrected chi connectivity index (χ0v) is 18.2. The first-order valence-corrected chi connectivity index (χ1v) is 10.4. The van der Waals surface area contributed by atoms with Crippen molar-refractivity contribution < 1.29 is 19.1 Å². The number of hydrogen-bond acceptors (Lipinski definition) is 6. The summed E-state index contributed by atoms with van der Waals surface area (Å²) >= 11 is 17.0. The molecule has 164 valence electrons. The Morgan fingerprint density at radius 2 is 2.00 bits per heavy atom. The molecule has 1 spiro atoms. The predicted octanol–water partition coefficient (Wildman–Crippen LogP) is 2.03. The standard InChI is InChI=1S/C19H18Cl3N5O4/c1-11-23-14-13(10-30-17(29)31-12-6-3-2-4-7-12)24-16(25-15(28)19(20,21)22)27-9-5-8-18(14,27)26-11/h2-8,13-14,23,26H,1,9-10H2,(H,24,25,28)/t13-,14-,18+/m0/s1. The minimum absolute atomic E-state index is 0.0945. The summed E-state index contributed by atoms with van der Waals surface area (Å²) in [4.78, 5) is 30.1. The molecule has 9 nitrogen and oxygen atoms in total. The van der Waals surface area contributed by atoms with E-state index in [2.05, 4.69) is 27.5 Å². The van der Waals surface area contributed by atoms with Crippen LogP contribution in [0, 0.1) is 0 Å². The Hall–Kier alpha value is -2.62. The number of hydrogen-bond donors (Lipinski definition) is 3. The van der Waals surface area contributed by atoms with Crippen LogP contribution >= 0.6 is 34.8 Å². The monoisotopic (exact) mass is 485 g/mol. The zero-order valence-electron chi connectivity index (χ0n) is 16.0. The Bertz CT molecular complexity index is 965. The summed E-state index contributed by atoms with van der Waals surface area (Å²) in [7, 11) is 0. The smallest absolute Gasteiger partial charge is 0.432 e. The van der Waals surface area contributed by atoms with Gasteiger partial charge in [-0.3, -0.25) is 4.79 Å². The van der Waals surface area contributed by atoms with Crippen LogP contribution in [0.1, 0.15) is 0 Å². The van der Waals surface area contributed by atoms with Gasteiger partial charge in [0.1, 0.15) is 12.4 Å². The van der Waals surface area contributed by atoms with Gasteiger partial charge in [-0.1, -0.05) is 65.7 Å². The van der Waals surface area contributed by atoms with Gasteiger partial charge in [0.15, 0.2) is 5.66 Å². The number of nitrogens with one attached hydrogen (secondary N) is 3. The lowest BCUT2D eigenvalue weighted by Gasteiger charge is -2.48. The Morgan fingerprint density at radius 1 is 1.26 bits per heavy atom. The van der Waals surface area contributed by atoms with E-state index in [-0.39, 0.29) is 18.6 Å². The molecule has 1 amide bonds. The van der Waals surface area contributed by atoms with Crippen LogP contribution in [-0.4, -0.2) is 57.6 Å². The molecule has 12 heteroatoms. The predicted molar refractivity (Wildman–Crippen MR) is 116 cm³/mol. The van der Waals surface area contributed by atoms with Crippen LogP contribution in [0.25, 0.3) is 0 Å². The van der Waals surface area contributed by atoms with Crippen LogP contribution < -0.4 is 20.7 Å². The Morgan fingerprint density at radius 3 is 2.71 bits per heavy atom. The van der Waals surface area contributed by atoms with Crippen LogP contribution in [0.2, 0.25) is 0 Å². The number of benzene rings is 1. The summed E-state index contributed by atoms with van der Waals surface area (Å²) in [5.41, 5.74) is -0.785. The second-order valence-electron chi connectivity index (χ2n) is 7.03. The number of halogens is 3. The fourth-order valence-electron chi connectivity index (χ4n) is 3.77. The van der Waals surface area contributed by atoms with Crippen LogP contribution in [0.3, 0.4) is 0 Å². The van der Waals surface area contributed by atoms with Gasteiger partial charge in [-0.25, -0.2) is 4.79 Å².